The predicted molar refractivity (Wildman–Crippen MR) is 65.7 cm³/mol. The van der Waals surface area contributed by atoms with Crippen molar-refractivity contribution < 1.29 is 10.0 Å². The first kappa shape index (κ1) is 11.6. The van der Waals surface area contributed by atoms with Gasteiger partial charge in [-0.25, -0.2) is 4.98 Å². The minimum Gasteiger partial charge on any atom is -0.423 e. The Hall–Kier alpha value is -0.885. The smallest absolute Gasteiger partial charge is 0.423 e. The van der Waals surface area contributed by atoms with E-state index in [2.05, 4.69) is 9.36 Å². The molecule has 1 aromatic heterocycles. The van der Waals surface area contributed by atoms with Crippen LogP contribution < -0.4 is 5.46 Å². The molecule has 16 heavy (non-hydrogen) atoms. The van der Waals surface area contributed by atoms with Gasteiger partial charge >= 0.3 is 7.12 Å². The van der Waals surface area contributed by atoms with Crippen LogP contribution in [-0.2, 0) is 5.75 Å². The standard InChI is InChI=1S/C9H9BN2O2S2/c13-10(14)8-3-1-2-7(4-8)5-15-9-11-6-12-16-9/h1-4,6,13-14H,5H2. The van der Waals surface area contributed by atoms with Crippen molar-refractivity contribution in [2.24, 2.45) is 0 Å². The fourth-order valence-corrected chi connectivity index (χ4v) is 2.60. The van der Waals surface area contributed by atoms with E-state index in [-0.39, 0.29) is 0 Å². The summed E-state index contributed by atoms with van der Waals surface area (Å²) in [7, 11) is -1.41. The molecule has 0 bridgehead atoms. The molecule has 2 aromatic rings. The largest absolute Gasteiger partial charge is 0.488 e. The SMILES string of the molecule is OB(O)c1cccc(CSc2ncns2)c1. The Morgan fingerprint density at radius 2 is 2.25 bits per heavy atom. The van der Waals surface area contributed by atoms with Gasteiger partial charge in [0.15, 0.2) is 4.34 Å². The van der Waals surface area contributed by atoms with E-state index in [1.54, 1.807) is 23.9 Å². The van der Waals surface area contributed by atoms with Gasteiger partial charge in [0.05, 0.1) is 0 Å². The van der Waals surface area contributed by atoms with Crippen molar-refractivity contribution in [3.8, 4) is 0 Å². The number of hydrogen-bond donors (Lipinski definition) is 2. The predicted octanol–water partition coefficient (Wildman–Crippen LogP) is 0.510. The minimum atomic E-state index is -1.41. The molecule has 2 rings (SSSR count). The first-order valence-electron chi connectivity index (χ1n) is 4.60. The molecule has 0 spiro atoms. The average molecular weight is 252 g/mol. The molecule has 0 saturated heterocycles. The molecule has 0 aliphatic heterocycles. The minimum absolute atomic E-state index is 0.510. The molecule has 1 aromatic carbocycles. The quantitative estimate of drug-likeness (QED) is 0.613. The number of rotatable bonds is 4. The van der Waals surface area contributed by atoms with Gasteiger partial charge in [0.25, 0.3) is 0 Å². The topological polar surface area (TPSA) is 66.2 Å². The molecule has 4 nitrogen and oxygen atoms in total. The van der Waals surface area contributed by atoms with Crippen molar-refractivity contribution >= 4 is 35.9 Å². The number of thioether (sulfide) groups is 1. The van der Waals surface area contributed by atoms with Gasteiger partial charge < -0.3 is 10.0 Å². The van der Waals surface area contributed by atoms with Crippen LogP contribution in [0.2, 0.25) is 0 Å². The second kappa shape index (κ2) is 5.45. The monoisotopic (exact) mass is 252 g/mol. The summed E-state index contributed by atoms with van der Waals surface area (Å²) in [6, 6.07) is 7.22. The van der Waals surface area contributed by atoms with E-state index in [4.69, 9.17) is 10.0 Å². The molecule has 0 aliphatic carbocycles. The zero-order chi connectivity index (χ0) is 11.4. The van der Waals surface area contributed by atoms with E-state index in [9.17, 15) is 0 Å². The van der Waals surface area contributed by atoms with Gasteiger partial charge in [-0.2, -0.15) is 4.37 Å². The highest BCUT2D eigenvalue weighted by Gasteiger charge is 2.10. The van der Waals surface area contributed by atoms with Gasteiger partial charge in [-0.15, -0.1) is 0 Å². The van der Waals surface area contributed by atoms with Crippen LogP contribution in [0.4, 0.5) is 0 Å². The van der Waals surface area contributed by atoms with E-state index >= 15 is 0 Å². The lowest BCUT2D eigenvalue weighted by Gasteiger charge is -2.02. The molecule has 0 fully saturated rings. The van der Waals surface area contributed by atoms with Gasteiger partial charge in [-0.05, 0) is 22.6 Å². The summed E-state index contributed by atoms with van der Waals surface area (Å²) in [6.45, 7) is 0. The van der Waals surface area contributed by atoms with Gasteiger partial charge in [0, 0.05) is 5.75 Å². The van der Waals surface area contributed by atoms with Crippen molar-refractivity contribution in [2.75, 3.05) is 0 Å². The third-order valence-electron chi connectivity index (χ3n) is 1.95. The van der Waals surface area contributed by atoms with Crippen LogP contribution in [0, 0.1) is 0 Å². The molecule has 0 amide bonds. The highest BCUT2D eigenvalue weighted by Crippen LogP contribution is 2.22. The molecule has 82 valence electrons. The molecule has 1 heterocycles. The molecule has 0 unspecified atom stereocenters. The first-order chi connectivity index (χ1) is 7.75. The highest BCUT2D eigenvalue weighted by atomic mass is 32.2. The fraction of sp³-hybridized carbons (Fsp3) is 0.111. The van der Waals surface area contributed by atoms with Crippen molar-refractivity contribution in [2.45, 2.75) is 10.1 Å². The molecule has 0 radical (unpaired) electrons. The van der Waals surface area contributed by atoms with Crippen LogP contribution in [0.25, 0.3) is 0 Å². The first-order valence-corrected chi connectivity index (χ1v) is 6.36. The van der Waals surface area contributed by atoms with Crippen molar-refractivity contribution in [3.05, 3.63) is 36.2 Å². The number of nitrogens with zero attached hydrogens (tertiary/aromatic N) is 2. The van der Waals surface area contributed by atoms with E-state index in [1.807, 2.05) is 12.1 Å². The van der Waals surface area contributed by atoms with Crippen LogP contribution in [0.3, 0.4) is 0 Å². The molecular formula is C9H9BN2O2S2. The Labute approximate surface area is 102 Å². The maximum atomic E-state index is 9.03. The van der Waals surface area contributed by atoms with E-state index in [1.165, 1.54) is 17.9 Å². The Kier molecular flexibility index (Phi) is 3.95. The summed E-state index contributed by atoms with van der Waals surface area (Å²) in [5.41, 5.74) is 1.54. The lowest BCUT2D eigenvalue weighted by Crippen LogP contribution is -2.29. The summed E-state index contributed by atoms with van der Waals surface area (Å²) in [6.07, 6.45) is 1.53. The lowest BCUT2D eigenvalue weighted by atomic mass is 9.80. The summed E-state index contributed by atoms with van der Waals surface area (Å²) in [4.78, 5) is 4.06. The van der Waals surface area contributed by atoms with Gasteiger partial charge in [0.1, 0.15) is 6.33 Å². The van der Waals surface area contributed by atoms with Crippen molar-refractivity contribution in [3.63, 3.8) is 0 Å². The second-order valence-electron chi connectivity index (χ2n) is 3.11. The summed E-state index contributed by atoms with van der Waals surface area (Å²) in [5, 5.41) is 18.1. The van der Waals surface area contributed by atoms with Crippen LogP contribution in [-0.4, -0.2) is 26.5 Å². The molecule has 0 saturated carbocycles. The average Bonchev–Trinajstić information content (AvgIpc) is 2.79. The van der Waals surface area contributed by atoms with E-state index < -0.39 is 7.12 Å². The van der Waals surface area contributed by atoms with E-state index in [0.29, 0.717) is 5.46 Å². The summed E-state index contributed by atoms with van der Waals surface area (Å²) in [5.74, 6) is 0.746. The van der Waals surface area contributed by atoms with Gasteiger partial charge in [-0.1, -0.05) is 36.0 Å². The van der Waals surface area contributed by atoms with Gasteiger partial charge in [-0.3, -0.25) is 0 Å². The molecule has 0 aliphatic rings. The third-order valence-corrected chi connectivity index (χ3v) is 3.82. The van der Waals surface area contributed by atoms with E-state index in [0.717, 1.165) is 15.7 Å². The molecule has 0 atom stereocenters. The zero-order valence-corrected chi connectivity index (χ0v) is 9.91. The summed E-state index contributed by atoms with van der Waals surface area (Å²) >= 11 is 2.94. The normalized spacial score (nSPS) is 10.4. The second-order valence-corrected chi connectivity index (χ2v) is 5.12. The Balaban J connectivity index is 2.01. The van der Waals surface area contributed by atoms with Crippen LogP contribution in [0.15, 0.2) is 34.9 Å². The van der Waals surface area contributed by atoms with Gasteiger partial charge in [0.2, 0.25) is 0 Å². The summed E-state index contributed by atoms with van der Waals surface area (Å²) < 4.78 is 4.82. The van der Waals surface area contributed by atoms with Crippen LogP contribution in [0.5, 0.6) is 0 Å². The number of benzene rings is 1. The number of hydrogen-bond acceptors (Lipinski definition) is 6. The Morgan fingerprint density at radius 1 is 1.38 bits per heavy atom. The van der Waals surface area contributed by atoms with Crippen molar-refractivity contribution in [1.82, 2.24) is 9.36 Å². The van der Waals surface area contributed by atoms with Crippen LogP contribution in [0.1, 0.15) is 5.56 Å². The Bertz CT molecular complexity index is 451. The van der Waals surface area contributed by atoms with Crippen molar-refractivity contribution in [1.29, 1.82) is 0 Å². The third kappa shape index (κ3) is 3.05. The fourth-order valence-electron chi connectivity index (χ4n) is 1.22. The molecule has 7 heteroatoms. The lowest BCUT2D eigenvalue weighted by molar-refractivity contribution is 0.425. The molecule has 2 N–H and O–H groups in total. The number of aromatic nitrogens is 2. The maximum Gasteiger partial charge on any atom is 0.488 e. The maximum absolute atomic E-state index is 9.03. The zero-order valence-electron chi connectivity index (χ0n) is 8.28. The molecular weight excluding hydrogens is 243 g/mol. The van der Waals surface area contributed by atoms with Crippen LogP contribution >= 0.6 is 23.3 Å². The highest BCUT2D eigenvalue weighted by molar-refractivity contribution is 8.00. The Morgan fingerprint density at radius 3 is 2.94 bits per heavy atom.